The van der Waals surface area contributed by atoms with E-state index in [4.69, 9.17) is 0 Å². The van der Waals surface area contributed by atoms with Crippen molar-refractivity contribution in [2.24, 2.45) is 17.3 Å². The second-order valence-electron chi connectivity index (χ2n) is 4.96. The predicted octanol–water partition coefficient (Wildman–Crippen LogP) is 3.04. The van der Waals surface area contributed by atoms with E-state index in [0.717, 1.165) is 12.3 Å². The largest absolute Gasteiger partial charge is 0.303 e. The van der Waals surface area contributed by atoms with Crippen LogP contribution in [-0.4, -0.2) is 6.29 Å². The first-order valence-corrected chi connectivity index (χ1v) is 5.01. The molecule has 1 saturated carbocycles. The van der Waals surface area contributed by atoms with Crippen LogP contribution in [0.5, 0.6) is 0 Å². The lowest BCUT2D eigenvalue weighted by Crippen LogP contribution is -2.24. The summed E-state index contributed by atoms with van der Waals surface area (Å²) in [5.41, 5.74) is 0.243. The zero-order valence-corrected chi connectivity index (χ0v) is 8.47. The molecule has 2 atom stereocenters. The molecule has 1 rings (SSSR count). The fraction of sp³-hybridized carbons (Fsp3) is 0.909. The van der Waals surface area contributed by atoms with Gasteiger partial charge in [0, 0.05) is 5.92 Å². The van der Waals surface area contributed by atoms with Crippen LogP contribution in [0.15, 0.2) is 0 Å². The normalized spacial score (nSPS) is 35.6. The van der Waals surface area contributed by atoms with Crippen LogP contribution in [0.2, 0.25) is 0 Å². The lowest BCUT2D eigenvalue weighted by molar-refractivity contribution is -0.114. The molecular weight excluding hydrogens is 148 g/mol. The Hall–Kier alpha value is -0.330. The molecular formula is C11H20O. The van der Waals surface area contributed by atoms with Gasteiger partial charge in [-0.25, -0.2) is 0 Å². The van der Waals surface area contributed by atoms with E-state index in [-0.39, 0.29) is 11.3 Å². The predicted molar refractivity (Wildman–Crippen MR) is 51.0 cm³/mol. The third-order valence-electron chi connectivity index (χ3n) is 3.34. The van der Waals surface area contributed by atoms with Crippen molar-refractivity contribution in [3.8, 4) is 0 Å². The topological polar surface area (TPSA) is 17.1 Å². The highest BCUT2D eigenvalue weighted by molar-refractivity contribution is 5.55. The average Bonchev–Trinajstić information content (AvgIpc) is 2.10. The van der Waals surface area contributed by atoms with E-state index in [1.54, 1.807) is 0 Å². The van der Waals surface area contributed by atoms with E-state index in [9.17, 15) is 4.79 Å². The number of hydrogen-bond acceptors (Lipinski definition) is 1. The van der Waals surface area contributed by atoms with E-state index in [0.29, 0.717) is 0 Å². The van der Waals surface area contributed by atoms with Crippen LogP contribution in [0.3, 0.4) is 0 Å². The molecule has 0 aliphatic heterocycles. The van der Waals surface area contributed by atoms with Crippen LogP contribution in [0.25, 0.3) is 0 Å². The molecule has 12 heavy (non-hydrogen) atoms. The number of carbonyl (C=O) groups is 1. The Morgan fingerprint density at radius 2 is 2.08 bits per heavy atom. The number of aldehydes is 1. The minimum absolute atomic E-state index is 0.243. The summed E-state index contributed by atoms with van der Waals surface area (Å²) in [6.07, 6.45) is 6.06. The Kier molecular flexibility index (Phi) is 2.92. The molecule has 0 aromatic carbocycles. The van der Waals surface area contributed by atoms with Gasteiger partial charge in [0.2, 0.25) is 0 Å². The van der Waals surface area contributed by atoms with E-state index in [1.807, 2.05) is 0 Å². The van der Waals surface area contributed by atoms with Gasteiger partial charge in [0.25, 0.3) is 0 Å². The molecule has 0 amide bonds. The van der Waals surface area contributed by atoms with Crippen molar-refractivity contribution in [1.82, 2.24) is 0 Å². The molecule has 1 aliphatic carbocycles. The zero-order chi connectivity index (χ0) is 9.19. The van der Waals surface area contributed by atoms with Crippen LogP contribution in [0, 0.1) is 17.3 Å². The fourth-order valence-corrected chi connectivity index (χ4v) is 2.20. The Labute approximate surface area is 75.5 Å². The van der Waals surface area contributed by atoms with Gasteiger partial charge in [-0.2, -0.15) is 0 Å². The second kappa shape index (κ2) is 3.59. The lowest BCUT2D eigenvalue weighted by Gasteiger charge is -2.28. The molecule has 0 heterocycles. The highest BCUT2D eigenvalue weighted by atomic mass is 16.1. The summed E-state index contributed by atoms with van der Waals surface area (Å²) < 4.78 is 0. The Morgan fingerprint density at radius 1 is 1.42 bits per heavy atom. The lowest BCUT2D eigenvalue weighted by atomic mass is 9.75. The van der Waals surface area contributed by atoms with Gasteiger partial charge in [-0.15, -0.1) is 0 Å². The van der Waals surface area contributed by atoms with Crippen molar-refractivity contribution < 1.29 is 4.79 Å². The molecule has 0 spiro atoms. The van der Waals surface area contributed by atoms with Crippen LogP contribution in [0.4, 0.5) is 0 Å². The van der Waals surface area contributed by atoms with Crippen molar-refractivity contribution in [3.63, 3.8) is 0 Å². The van der Waals surface area contributed by atoms with Crippen molar-refractivity contribution in [3.05, 3.63) is 0 Å². The van der Waals surface area contributed by atoms with Crippen LogP contribution >= 0.6 is 0 Å². The quantitative estimate of drug-likeness (QED) is 0.434. The molecule has 0 aromatic heterocycles. The first-order valence-electron chi connectivity index (χ1n) is 5.01. The van der Waals surface area contributed by atoms with E-state index in [1.165, 1.54) is 25.5 Å². The van der Waals surface area contributed by atoms with Gasteiger partial charge in [-0.3, -0.25) is 0 Å². The van der Waals surface area contributed by atoms with Crippen LogP contribution in [0.1, 0.15) is 46.5 Å². The second-order valence-corrected chi connectivity index (χ2v) is 4.96. The third-order valence-corrected chi connectivity index (χ3v) is 3.34. The summed E-state index contributed by atoms with van der Waals surface area (Å²) in [5, 5.41) is 0. The molecule has 1 aliphatic rings. The molecule has 0 saturated heterocycles. The minimum atomic E-state index is 0.243. The molecule has 1 fully saturated rings. The SMILES string of the molecule is CC1CCCC(C)(C)C(C=O)C1. The molecule has 1 heteroatoms. The van der Waals surface area contributed by atoms with Gasteiger partial charge in [-0.05, 0) is 24.2 Å². The molecule has 2 unspecified atom stereocenters. The van der Waals surface area contributed by atoms with Gasteiger partial charge in [0.05, 0.1) is 0 Å². The number of carbonyl (C=O) groups excluding carboxylic acids is 1. The van der Waals surface area contributed by atoms with E-state index in [2.05, 4.69) is 20.8 Å². The summed E-state index contributed by atoms with van der Waals surface area (Å²) in [4.78, 5) is 10.9. The average molecular weight is 168 g/mol. The monoisotopic (exact) mass is 168 g/mol. The van der Waals surface area contributed by atoms with Crippen LogP contribution < -0.4 is 0 Å². The molecule has 70 valence electrons. The van der Waals surface area contributed by atoms with Gasteiger partial charge in [-0.1, -0.05) is 33.6 Å². The third kappa shape index (κ3) is 2.09. The van der Waals surface area contributed by atoms with Gasteiger partial charge in [0.15, 0.2) is 0 Å². The number of rotatable bonds is 1. The Balaban J connectivity index is 2.69. The molecule has 0 aromatic rings. The molecule has 0 bridgehead atoms. The van der Waals surface area contributed by atoms with Crippen molar-refractivity contribution in [1.29, 1.82) is 0 Å². The summed E-state index contributed by atoms with van der Waals surface area (Å²) in [6.45, 7) is 6.71. The molecule has 0 radical (unpaired) electrons. The summed E-state index contributed by atoms with van der Waals surface area (Å²) in [5.74, 6) is 1.02. The maximum Gasteiger partial charge on any atom is 0.123 e. The summed E-state index contributed by atoms with van der Waals surface area (Å²) in [7, 11) is 0. The van der Waals surface area contributed by atoms with Crippen LogP contribution in [-0.2, 0) is 4.79 Å². The van der Waals surface area contributed by atoms with Gasteiger partial charge in [0.1, 0.15) is 6.29 Å². The fourth-order valence-electron chi connectivity index (χ4n) is 2.20. The van der Waals surface area contributed by atoms with E-state index < -0.39 is 0 Å². The smallest absolute Gasteiger partial charge is 0.123 e. The first-order chi connectivity index (χ1) is 5.56. The zero-order valence-electron chi connectivity index (χ0n) is 8.47. The van der Waals surface area contributed by atoms with Crippen molar-refractivity contribution in [2.75, 3.05) is 0 Å². The van der Waals surface area contributed by atoms with Gasteiger partial charge < -0.3 is 4.79 Å². The molecule has 1 nitrogen and oxygen atoms in total. The summed E-state index contributed by atoms with van der Waals surface area (Å²) >= 11 is 0. The number of hydrogen-bond donors (Lipinski definition) is 0. The Bertz CT molecular complexity index is 160. The standard InChI is InChI=1S/C11H20O/c1-9-5-4-6-11(2,3)10(7-9)8-12/h8-10H,4-7H2,1-3H3. The minimum Gasteiger partial charge on any atom is -0.303 e. The Morgan fingerprint density at radius 3 is 2.67 bits per heavy atom. The summed E-state index contributed by atoms with van der Waals surface area (Å²) in [6, 6.07) is 0. The maximum absolute atomic E-state index is 10.9. The van der Waals surface area contributed by atoms with Crippen molar-refractivity contribution in [2.45, 2.75) is 46.5 Å². The highest BCUT2D eigenvalue weighted by Crippen LogP contribution is 2.39. The van der Waals surface area contributed by atoms with Gasteiger partial charge >= 0.3 is 0 Å². The first kappa shape index (κ1) is 9.76. The highest BCUT2D eigenvalue weighted by Gasteiger charge is 2.32. The van der Waals surface area contributed by atoms with Crippen molar-refractivity contribution >= 4 is 6.29 Å². The molecule has 0 N–H and O–H groups in total. The maximum atomic E-state index is 10.9. The van der Waals surface area contributed by atoms with E-state index >= 15 is 0 Å².